The zero-order valence-electron chi connectivity index (χ0n) is 13.0. The third-order valence-corrected chi connectivity index (χ3v) is 3.92. The van der Waals surface area contributed by atoms with Crippen molar-refractivity contribution in [3.05, 3.63) is 58.7 Å². The molecule has 2 aromatic rings. The first-order chi connectivity index (χ1) is 9.97. The summed E-state index contributed by atoms with van der Waals surface area (Å²) in [6.07, 6.45) is 0. The lowest BCUT2D eigenvalue weighted by Crippen LogP contribution is -2.24. The normalized spacial score (nSPS) is 13.5. The number of carbonyl (C=O) groups excluding carboxylic acids is 1. The summed E-state index contributed by atoms with van der Waals surface area (Å²) < 4.78 is 0. The molecule has 0 saturated carbocycles. The van der Waals surface area contributed by atoms with Crippen molar-refractivity contribution in [3.63, 3.8) is 0 Å². The molecule has 0 aromatic heterocycles. The zero-order valence-corrected chi connectivity index (χ0v) is 13.0. The summed E-state index contributed by atoms with van der Waals surface area (Å²) in [5.74, 6) is 0.0966. The second-order valence-electron chi connectivity index (χ2n) is 5.94. The van der Waals surface area contributed by atoms with E-state index in [1.807, 2.05) is 42.1 Å². The molecule has 3 nitrogen and oxygen atoms in total. The van der Waals surface area contributed by atoms with E-state index in [0.29, 0.717) is 6.54 Å². The maximum Gasteiger partial charge on any atom is 0.261 e. The summed E-state index contributed by atoms with van der Waals surface area (Å²) in [6, 6.07) is 12.3. The number of hydrogen-bond donors (Lipinski definition) is 0. The van der Waals surface area contributed by atoms with Crippen LogP contribution in [-0.4, -0.2) is 20.0 Å². The number of amides is 1. The molecule has 0 atom stereocenters. The van der Waals surface area contributed by atoms with Gasteiger partial charge in [-0.2, -0.15) is 0 Å². The third kappa shape index (κ3) is 2.29. The summed E-state index contributed by atoms with van der Waals surface area (Å²) in [5.41, 5.74) is 6.28. The molecule has 1 aliphatic heterocycles. The van der Waals surface area contributed by atoms with Gasteiger partial charge in [0.25, 0.3) is 5.91 Å². The van der Waals surface area contributed by atoms with Gasteiger partial charge in [0.1, 0.15) is 0 Å². The van der Waals surface area contributed by atoms with E-state index in [9.17, 15) is 4.79 Å². The van der Waals surface area contributed by atoms with E-state index < -0.39 is 0 Å². The van der Waals surface area contributed by atoms with Gasteiger partial charge in [0.2, 0.25) is 0 Å². The number of nitrogens with zero attached hydrogens (tertiary/aromatic N) is 2. The van der Waals surface area contributed by atoms with Gasteiger partial charge in [-0.15, -0.1) is 0 Å². The number of aryl methyl sites for hydroxylation is 2. The molecule has 108 valence electrons. The maximum absolute atomic E-state index is 12.8. The van der Waals surface area contributed by atoms with Crippen LogP contribution in [-0.2, 0) is 6.54 Å². The summed E-state index contributed by atoms with van der Waals surface area (Å²) >= 11 is 0. The highest BCUT2D eigenvalue weighted by atomic mass is 16.2. The quantitative estimate of drug-likeness (QED) is 0.840. The number of carbonyl (C=O) groups is 1. The lowest BCUT2D eigenvalue weighted by Gasteiger charge is -2.18. The average molecular weight is 280 g/mol. The fourth-order valence-electron chi connectivity index (χ4n) is 3.03. The van der Waals surface area contributed by atoms with Crippen LogP contribution in [0.3, 0.4) is 0 Å². The molecule has 2 aromatic carbocycles. The van der Waals surface area contributed by atoms with Crippen molar-refractivity contribution in [3.8, 4) is 0 Å². The molecule has 0 saturated heterocycles. The summed E-state index contributed by atoms with van der Waals surface area (Å²) in [7, 11) is 3.95. The van der Waals surface area contributed by atoms with Crippen molar-refractivity contribution in [2.24, 2.45) is 0 Å². The van der Waals surface area contributed by atoms with Gasteiger partial charge in [0, 0.05) is 25.5 Å². The van der Waals surface area contributed by atoms with Gasteiger partial charge < -0.3 is 9.80 Å². The van der Waals surface area contributed by atoms with E-state index in [2.05, 4.69) is 32.0 Å². The van der Waals surface area contributed by atoms with E-state index in [4.69, 9.17) is 0 Å². The molecule has 3 heteroatoms. The number of anilines is 2. The van der Waals surface area contributed by atoms with Crippen molar-refractivity contribution < 1.29 is 4.79 Å². The van der Waals surface area contributed by atoms with Gasteiger partial charge in [-0.1, -0.05) is 18.2 Å². The molecule has 3 rings (SSSR count). The maximum atomic E-state index is 12.8. The smallest absolute Gasteiger partial charge is 0.261 e. The highest BCUT2D eigenvalue weighted by Crippen LogP contribution is 2.34. The number of rotatable bonds is 2. The Kier molecular flexibility index (Phi) is 3.20. The predicted molar refractivity (Wildman–Crippen MR) is 87.2 cm³/mol. The Bertz CT molecular complexity index is 699. The van der Waals surface area contributed by atoms with Gasteiger partial charge in [-0.3, -0.25) is 4.79 Å². The highest BCUT2D eigenvalue weighted by Gasteiger charge is 2.31. The van der Waals surface area contributed by atoms with Gasteiger partial charge in [-0.25, -0.2) is 0 Å². The van der Waals surface area contributed by atoms with Crippen LogP contribution in [0.15, 0.2) is 36.4 Å². The Morgan fingerprint density at radius 3 is 2.33 bits per heavy atom. The van der Waals surface area contributed by atoms with E-state index >= 15 is 0 Å². The van der Waals surface area contributed by atoms with Crippen molar-refractivity contribution in [2.45, 2.75) is 20.4 Å². The number of hydrogen-bond acceptors (Lipinski definition) is 2. The first-order valence-corrected chi connectivity index (χ1v) is 7.17. The SMILES string of the molecule is Cc1cc(C)cc(N2Cc3cccc(N(C)C)c3C2=O)c1. The largest absolute Gasteiger partial charge is 0.377 e. The predicted octanol–water partition coefficient (Wildman–Crippen LogP) is 3.53. The van der Waals surface area contributed by atoms with E-state index in [1.54, 1.807) is 0 Å². The summed E-state index contributed by atoms with van der Waals surface area (Å²) in [4.78, 5) is 16.7. The molecular weight excluding hydrogens is 260 g/mol. The van der Waals surface area contributed by atoms with E-state index in [0.717, 1.165) is 22.5 Å². The fraction of sp³-hybridized carbons (Fsp3) is 0.278. The fourth-order valence-corrected chi connectivity index (χ4v) is 3.03. The van der Waals surface area contributed by atoms with Crippen molar-refractivity contribution in [1.82, 2.24) is 0 Å². The van der Waals surface area contributed by atoms with Gasteiger partial charge in [0.15, 0.2) is 0 Å². The van der Waals surface area contributed by atoms with Gasteiger partial charge in [-0.05, 0) is 48.7 Å². The molecule has 0 spiro atoms. The molecule has 1 aliphatic rings. The second kappa shape index (κ2) is 4.92. The Morgan fingerprint density at radius 2 is 1.71 bits per heavy atom. The topological polar surface area (TPSA) is 23.6 Å². The molecule has 0 radical (unpaired) electrons. The average Bonchev–Trinajstić information content (AvgIpc) is 2.75. The molecule has 1 amide bonds. The van der Waals surface area contributed by atoms with Gasteiger partial charge in [0.05, 0.1) is 12.1 Å². The number of benzene rings is 2. The van der Waals surface area contributed by atoms with Crippen LogP contribution in [0.2, 0.25) is 0 Å². The second-order valence-corrected chi connectivity index (χ2v) is 5.94. The van der Waals surface area contributed by atoms with E-state index in [1.165, 1.54) is 11.1 Å². The standard InChI is InChI=1S/C18H20N2O/c1-12-8-13(2)10-15(9-12)20-11-14-6-5-7-16(19(3)4)17(14)18(20)21/h5-10H,11H2,1-4H3. The Balaban J connectivity index is 2.06. The third-order valence-electron chi connectivity index (χ3n) is 3.92. The van der Waals surface area contributed by atoms with Crippen molar-refractivity contribution in [2.75, 3.05) is 23.9 Å². The highest BCUT2D eigenvalue weighted by molar-refractivity contribution is 6.13. The molecule has 0 unspecified atom stereocenters. The Hall–Kier alpha value is -2.29. The monoisotopic (exact) mass is 280 g/mol. The minimum atomic E-state index is 0.0966. The van der Waals surface area contributed by atoms with Crippen molar-refractivity contribution >= 4 is 17.3 Å². The lowest BCUT2D eigenvalue weighted by atomic mass is 10.1. The first kappa shape index (κ1) is 13.7. The summed E-state index contributed by atoms with van der Waals surface area (Å²) in [6.45, 7) is 4.78. The molecule has 0 fully saturated rings. The van der Waals surface area contributed by atoms with Gasteiger partial charge >= 0.3 is 0 Å². The molecule has 0 N–H and O–H groups in total. The molecule has 21 heavy (non-hydrogen) atoms. The van der Waals surface area contributed by atoms with Crippen LogP contribution >= 0.6 is 0 Å². The zero-order chi connectivity index (χ0) is 15.1. The van der Waals surface area contributed by atoms with Crippen molar-refractivity contribution in [1.29, 1.82) is 0 Å². The van der Waals surface area contributed by atoms with Crippen LogP contribution in [0.5, 0.6) is 0 Å². The Labute approximate surface area is 125 Å². The molecule has 0 aliphatic carbocycles. The van der Waals surface area contributed by atoms with Crippen LogP contribution in [0.25, 0.3) is 0 Å². The van der Waals surface area contributed by atoms with Crippen LogP contribution in [0.1, 0.15) is 27.0 Å². The molecule has 1 heterocycles. The Morgan fingerprint density at radius 1 is 1.05 bits per heavy atom. The summed E-state index contributed by atoms with van der Waals surface area (Å²) in [5, 5.41) is 0. The minimum absolute atomic E-state index is 0.0966. The lowest BCUT2D eigenvalue weighted by molar-refractivity contribution is 0.0997. The van der Waals surface area contributed by atoms with Crippen LogP contribution in [0.4, 0.5) is 11.4 Å². The van der Waals surface area contributed by atoms with Crippen LogP contribution < -0.4 is 9.80 Å². The molecule has 0 bridgehead atoms. The van der Waals surface area contributed by atoms with Crippen LogP contribution in [0, 0.1) is 13.8 Å². The minimum Gasteiger partial charge on any atom is -0.377 e. The number of fused-ring (bicyclic) bond motifs is 1. The molecular formula is C18H20N2O. The first-order valence-electron chi connectivity index (χ1n) is 7.17. The van der Waals surface area contributed by atoms with E-state index in [-0.39, 0.29) is 5.91 Å².